The van der Waals surface area contributed by atoms with Crippen molar-refractivity contribution in [2.45, 2.75) is 46.6 Å². The molecule has 0 unspecified atom stereocenters. The van der Waals surface area contributed by atoms with E-state index >= 15 is 0 Å². The van der Waals surface area contributed by atoms with Crippen molar-refractivity contribution in [1.29, 1.82) is 0 Å². The highest BCUT2D eigenvalue weighted by molar-refractivity contribution is 6.06. The van der Waals surface area contributed by atoms with Crippen LogP contribution < -0.4 is 0 Å². The van der Waals surface area contributed by atoms with Crippen molar-refractivity contribution in [1.82, 2.24) is 19.9 Å². The van der Waals surface area contributed by atoms with Gasteiger partial charge in [0.2, 0.25) is 0 Å². The molecule has 0 saturated carbocycles. The SMILES string of the molecule is CC.Cc1cc2c(cn1)[nH]c1ncc(-c3ccc(CN4CCCCC4)cc3)cc12. The van der Waals surface area contributed by atoms with E-state index in [-0.39, 0.29) is 0 Å². The van der Waals surface area contributed by atoms with Crippen molar-refractivity contribution >= 4 is 21.9 Å². The fourth-order valence-electron chi connectivity index (χ4n) is 4.12. The standard InChI is InChI=1S/C23H24N4.C2H6/c1-16-11-20-21-12-19(13-25-23(21)26-22(20)14-24-16)18-7-5-17(6-8-18)15-27-9-3-2-4-10-27;1-2/h5-8,11-14H,2-4,9-10,15H2,1H3,(H,25,26);1-2H3. The lowest BCUT2D eigenvalue weighted by molar-refractivity contribution is 0.221. The molecule has 150 valence electrons. The molecule has 4 nitrogen and oxygen atoms in total. The first kappa shape index (κ1) is 19.6. The summed E-state index contributed by atoms with van der Waals surface area (Å²) in [6.45, 7) is 9.55. The van der Waals surface area contributed by atoms with Gasteiger partial charge in [0.15, 0.2) is 0 Å². The molecule has 0 amide bonds. The van der Waals surface area contributed by atoms with Crippen LogP contribution in [0.4, 0.5) is 0 Å². The van der Waals surface area contributed by atoms with Gasteiger partial charge in [-0.05, 0) is 56.1 Å². The van der Waals surface area contributed by atoms with Crippen molar-refractivity contribution in [3.63, 3.8) is 0 Å². The van der Waals surface area contributed by atoms with Gasteiger partial charge in [-0.15, -0.1) is 0 Å². The molecule has 4 aromatic rings. The van der Waals surface area contributed by atoms with Gasteiger partial charge >= 0.3 is 0 Å². The number of fused-ring (bicyclic) bond motifs is 3. The highest BCUT2D eigenvalue weighted by Crippen LogP contribution is 2.29. The molecule has 29 heavy (non-hydrogen) atoms. The zero-order valence-electron chi connectivity index (χ0n) is 17.7. The monoisotopic (exact) mass is 386 g/mol. The number of nitrogens with one attached hydrogen (secondary N) is 1. The van der Waals surface area contributed by atoms with Crippen LogP contribution >= 0.6 is 0 Å². The third-order valence-corrected chi connectivity index (χ3v) is 5.61. The van der Waals surface area contributed by atoms with Crippen LogP contribution in [0.15, 0.2) is 48.8 Å². The minimum Gasteiger partial charge on any atom is -0.338 e. The van der Waals surface area contributed by atoms with Crippen molar-refractivity contribution in [3.05, 3.63) is 60.0 Å². The topological polar surface area (TPSA) is 44.8 Å². The van der Waals surface area contributed by atoms with Crippen molar-refractivity contribution < 1.29 is 0 Å². The third-order valence-electron chi connectivity index (χ3n) is 5.61. The number of hydrogen-bond donors (Lipinski definition) is 1. The van der Waals surface area contributed by atoms with Crippen LogP contribution in [-0.4, -0.2) is 32.9 Å². The number of rotatable bonds is 3. The first-order valence-corrected chi connectivity index (χ1v) is 10.8. The highest BCUT2D eigenvalue weighted by atomic mass is 15.1. The molecular weight excluding hydrogens is 356 g/mol. The van der Waals surface area contributed by atoms with E-state index in [1.165, 1.54) is 48.9 Å². The van der Waals surface area contributed by atoms with Crippen LogP contribution in [0.2, 0.25) is 0 Å². The number of aryl methyl sites for hydroxylation is 1. The molecule has 0 atom stereocenters. The number of aromatic amines is 1. The number of H-pyrrole nitrogens is 1. The Morgan fingerprint density at radius 3 is 2.38 bits per heavy atom. The molecule has 1 aliphatic rings. The number of benzene rings is 1. The normalized spacial score (nSPS) is 14.7. The van der Waals surface area contributed by atoms with Gasteiger partial charge < -0.3 is 4.98 Å². The van der Waals surface area contributed by atoms with E-state index < -0.39 is 0 Å². The second-order valence-corrected chi connectivity index (χ2v) is 7.65. The molecule has 1 fully saturated rings. The number of piperidine rings is 1. The molecule has 1 N–H and O–H groups in total. The Morgan fingerprint density at radius 1 is 0.862 bits per heavy atom. The van der Waals surface area contributed by atoms with E-state index in [2.05, 4.69) is 56.3 Å². The predicted molar refractivity (Wildman–Crippen MR) is 122 cm³/mol. The maximum atomic E-state index is 4.65. The fraction of sp³-hybridized carbons (Fsp3) is 0.360. The number of aromatic nitrogens is 3. The minimum atomic E-state index is 0.919. The van der Waals surface area contributed by atoms with E-state index in [1.807, 2.05) is 33.2 Å². The second-order valence-electron chi connectivity index (χ2n) is 7.65. The quantitative estimate of drug-likeness (QED) is 0.463. The number of pyridine rings is 2. The molecule has 1 aliphatic heterocycles. The average molecular weight is 387 g/mol. The predicted octanol–water partition coefficient (Wildman–Crippen LogP) is 6.10. The summed E-state index contributed by atoms with van der Waals surface area (Å²) in [6, 6.07) is 13.3. The zero-order chi connectivity index (χ0) is 20.2. The van der Waals surface area contributed by atoms with Gasteiger partial charge in [0, 0.05) is 34.8 Å². The van der Waals surface area contributed by atoms with Gasteiger partial charge in [0.1, 0.15) is 5.65 Å². The van der Waals surface area contributed by atoms with E-state index in [4.69, 9.17) is 0 Å². The Hall–Kier alpha value is -2.72. The Morgan fingerprint density at radius 2 is 1.62 bits per heavy atom. The fourth-order valence-corrected chi connectivity index (χ4v) is 4.12. The molecule has 0 aliphatic carbocycles. The Labute approximate surface area is 173 Å². The molecule has 5 rings (SSSR count). The minimum absolute atomic E-state index is 0.919. The number of hydrogen-bond acceptors (Lipinski definition) is 3. The van der Waals surface area contributed by atoms with E-state index in [0.717, 1.165) is 34.4 Å². The van der Waals surface area contributed by atoms with Gasteiger partial charge in [0.05, 0.1) is 11.7 Å². The Balaban J connectivity index is 0.000000994. The van der Waals surface area contributed by atoms with Crippen LogP contribution in [0.25, 0.3) is 33.1 Å². The lowest BCUT2D eigenvalue weighted by Gasteiger charge is -2.26. The summed E-state index contributed by atoms with van der Waals surface area (Å²) in [4.78, 5) is 14.9. The molecule has 0 spiro atoms. The average Bonchev–Trinajstić information content (AvgIpc) is 3.13. The van der Waals surface area contributed by atoms with E-state index in [0.29, 0.717) is 0 Å². The molecule has 1 aromatic carbocycles. The van der Waals surface area contributed by atoms with Gasteiger partial charge in [-0.2, -0.15) is 0 Å². The summed E-state index contributed by atoms with van der Waals surface area (Å²) < 4.78 is 0. The van der Waals surface area contributed by atoms with Crippen molar-refractivity contribution in [2.75, 3.05) is 13.1 Å². The number of nitrogens with zero attached hydrogens (tertiary/aromatic N) is 3. The maximum absolute atomic E-state index is 4.65. The van der Waals surface area contributed by atoms with Crippen LogP contribution in [0.1, 0.15) is 44.4 Å². The highest BCUT2D eigenvalue weighted by Gasteiger charge is 2.11. The molecular formula is C25H30N4. The van der Waals surface area contributed by atoms with Crippen LogP contribution in [0.3, 0.4) is 0 Å². The summed E-state index contributed by atoms with van der Waals surface area (Å²) in [7, 11) is 0. The summed E-state index contributed by atoms with van der Waals surface area (Å²) in [5, 5.41) is 2.35. The Kier molecular flexibility index (Phi) is 5.91. The first-order valence-electron chi connectivity index (χ1n) is 10.8. The summed E-state index contributed by atoms with van der Waals surface area (Å²) in [5.74, 6) is 0. The molecule has 3 aromatic heterocycles. The molecule has 1 saturated heterocycles. The van der Waals surface area contributed by atoms with E-state index in [1.54, 1.807) is 0 Å². The zero-order valence-corrected chi connectivity index (χ0v) is 17.7. The van der Waals surface area contributed by atoms with Gasteiger partial charge in [-0.1, -0.05) is 44.5 Å². The van der Waals surface area contributed by atoms with Crippen LogP contribution in [-0.2, 0) is 6.54 Å². The maximum Gasteiger partial charge on any atom is 0.138 e. The van der Waals surface area contributed by atoms with Crippen molar-refractivity contribution in [3.8, 4) is 11.1 Å². The van der Waals surface area contributed by atoms with Gasteiger partial charge in [-0.25, -0.2) is 4.98 Å². The third kappa shape index (κ3) is 4.18. The summed E-state index contributed by atoms with van der Waals surface area (Å²) in [6.07, 6.45) is 7.90. The molecule has 4 heterocycles. The van der Waals surface area contributed by atoms with Gasteiger partial charge in [-0.3, -0.25) is 9.88 Å². The van der Waals surface area contributed by atoms with Crippen LogP contribution in [0, 0.1) is 6.92 Å². The smallest absolute Gasteiger partial charge is 0.138 e. The molecule has 0 radical (unpaired) electrons. The van der Waals surface area contributed by atoms with E-state index in [9.17, 15) is 0 Å². The van der Waals surface area contributed by atoms with Gasteiger partial charge in [0.25, 0.3) is 0 Å². The lowest BCUT2D eigenvalue weighted by Crippen LogP contribution is -2.28. The first-order chi connectivity index (χ1) is 14.3. The van der Waals surface area contributed by atoms with Crippen LogP contribution in [0.5, 0.6) is 0 Å². The molecule has 4 heteroatoms. The largest absolute Gasteiger partial charge is 0.338 e. The molecule has 0 bridgehead atoms. The second kappa shape index (κ2) is 8.75. The summed E-state index contributed by atoms with van der Waals surface area (Å²) >= 11 is 0. The Bertz CT molecular complexity index is 1090. The summed E-state index contributed by atoms with van der Waals surface area (Å²) in [5.41, 5.74) is 6.74. The lowest BCUT2D eigenvalue weighted by atomic mass is 10.0. The van der Waals surface area contributed by atoms with Crippen molar-refractivity contribution in [2.24, 2.45) is 0 Å². The number of likely N-dealkylation sites (tertiary alicyclic amines) is 1.